The zero-order valence-corrected chi connectivity index (χ0v) is 20.2. The van der Waals surface area contributed by atoms with Crippen LogP contribution in [0.3, 0.4) is 0 Å². The smallest absolute Gasteiger partial charge is 0.380 e. The first-order valence-corrected chi connectivity index (χ1v) is 12.1. The Hall–Kier alpha value is -3.78. The lowest BCUT2D eigenvalue weighted by Gasteiger charge is -2.42. The van der Waals surface area contributed by atoms with Crippen LogP contribution in [0.15, 0.2) is 79.1 Å². The van der Waals surface area contributed by atoms with E-state index in [1.807, 2.05) is 0 Å². The van der Waals surface area contributed by atoms with Gasteiger partial charge in [0.05, 0.1) is 5.52 Å². The molecule has 5 rings (SSSR count). The van der Waals surface area contributed by atoms with Crippen molar-refractivity contribution < 1.29 is 23.1 Å². The zero-order valence-electron chi connectivity index (χ0n) is 20.2. The molecule has 0 aliphatic carbocycles. The van der Waals surface area contributed by atoms with Gasteiger partial charge < -0.3 is 10.0 Å². The first-order chi connectivity index (χ1) is 17.7. The minimum absolute atomic E-state index is 0.00550. The molecule has 1 aliphatic heterocycles. The summed E-state index contributed by atoms with van der Waals surface area (Å²) in [7, 11) is 0. The van der Waals surface area contributed by atoms with Gasteiger partial charge in [0.1, 0.15) is 5.60 Å². The molecular weight excluding hydrogens is 479 g/mol. The highest BCUT2D eigenvalue weighted by molar-refractivity contribution is 5.86. The van der Waals surface area contributed by atoms with Gasteiger partial charge in [-0.05, 0) is 54.2 Å². The maximum atomic E-state index is 13.9. The van der Waals surface area contributed by atoms with E-state index in [0.29, 0.717) is 48.0 Å². The third kappa shape index (κ3) is 4.69. The Bertz CT molecular complexity index is 1420. The number of likely N-dealkylation sites (tertiary alicyclic amines) is 1. The van der Waals surface area contributed by atoms with Crippen LogP contribution in [0.1, 0.15) is 36.6 Å². The molecule has 3 heterocycles. The van der Waals surface area contributed by atoms with Gasteiger partial charge in [-0.1, -0.05) is 42.5 Å². The van der Waals surface area contributed by atoms with Crippen molar-refractivity contribution in [3.05, 3.63) is 95.9 Å². The molecule has 1 amide bonds. The van der Waals surface area contributed by atoms with Gasteiger partial charge in [0.2, 0.25) is 5.91 Å². The van der Waals surface area contributed by atoms with Crippen molar-refractivity contribution >= 4 is 16.8 Å². The van der Waals surface area contributed by atoms with E-state index in [-0.39, 0.29) is 22.9 Å². The molecule has 1 fully saturated rings. The minimum Gasteiger partial charge on any atom is -0.380 e. The minimum atomic E-state index is -4.63. The van der Waals surface area contributed by atoms with Gasteiger partial charge in [-0.2, -0.15) is 13.2 Å². The third-order valence-corrected chi connectivity index (χ3v) is 7.24. The summed E-state index contributed by atoms with van der Waals surface area (Å²) in [4.78, 5) is 21.8. The summed E-state index contributed by atoms with van der Waals surface area (Å²) in [6, 6.07) is 18.3. The molecule has 0 radical (unpaired) electrons. The van der Waals surface area contributed by atoms with E-state index in [1.54, 1.807) is 71.9 Å². The number of aromatic nitrogens is 2. The quantitative estimate of drug-likeness (QED) is 0.380. The van der Waals surface area contributed by atoms with Crippen molar-refractivity contribution in [1.29, 1.82) is 0 Å². The average molecular weight is 506 g/mol. The molecule has 1 atom stereocenters. The van der Waals surface area contributed by atoms with Crippen molar-refractivity contribution in [2.24, 2.45) is 5.92 Å². The number of carbonyl (C=O) groups excluding carboxylic acids is 1. The lowest BCUT2D eigenvalue weighted by molar-refractivity contribution is -0.140. The van der Waals surface area contributed by atoms with Crippen molar-refractivity contribution in [2.45, 2.75) is 31.5 Å². The predicted molar refractivity (Wildman–Crippen MR) is 134 cm³/mol. The van der Waals surface area contributed by atoms with Crippen molar-refractivity contribution in [3.63, 3.8) is 0 Å². The molecular formula is C29H26F3N3O2. The number of nitrogens with zero attached hydrogens (tertiary/aromatic N) is 3. The lowest BCUT2D eigenvalue weighted by atomic mass is 9.72. The van der Waals surface area contributed by atoms with Gasteiger partial charge in [0, 0.05) is 48.9 Å². The number of rotatable bonds is 4. The largest absolute Gasteiger partial charge is 0.433 e. The molecule has 8 heteroatoms. The number of amides is 1. The van der Waals surface area contributed by atoms with E-state index in [9.17, 15) is 23.1 Å². The van der Waals surface area contributed by atoms with E-state index in [1.165, 1.54) is 19.1 Å². The number of alkyl halides is 3. The van der Waals surface area contributed by atoms with Crippen LogP contribution in [-0.4, -0.2) is 39.0 Å². The van der Waals surface area contributed by atoms with E-state index in [0.717, 1.165) is 0 Å². The van der Waals surface area contributed by atoms with Crippen LogP contribution in [0.25, 0.3) is 22.0 Å². The number of hydrogen-bond donors (Lipinski definition) is 1. The molecule has 1 N–H and O–H groups in total. The lowest BCUT2D eigenvalue weighted by Crippen LogP contribution is -2.45. The molecule has 37 heavy (non-hydrogen) atoms. The monoisotopic (exact) mass is 505 g/mol. The highest BCUT2D eigenvalue weighted by atomic mass is 19.4. The first kappa shape index (κ1) is 24.9. The van der Waals surface area contributed by atoms with Gasteiger partial charge in [-0.25, -0.2) is 4.98 Å². The van der Waals surface area contributed by atoms with Gasteiger partial charge in [-0.15, -0.1) is 0 Å². The molecule has 1 saturated heterocycles. The molecule has 0 bridgehead atoms. The molecule has 0 spiro atoms. The summed E-state index contributed by atoms with van der Waals surface area (Å²) >= 11 is 0. The molecule has 2 aromatic heterocycles. The van der Waals surface area contributed by atoms with Crippen LogP contribution < -0.4 is 0 Å². The Morgan fingerprint density at radius 1 is 0.973 bits per heavy atom. The number of piperidine rings is 1. The number of fused-ring (bicyclic) bond motifs is 1. The summed E-state index contributed by atoms with van der Waals surface area (Å²) in [5.74, 6) is -0.227. The Morgan fingerprint density at radius 3 is 2.32 bits per heavy atom. The van der Waals surface area contributed by atoms with E-state index >= 15 is 0 Å². The summed E-state index contributed by atoms with van der Waals surface area (Å²) in [5, 5.41) is 12.8. The van der Waals surface area contributed by atoms with E-state index in [4.69, 9.17) is 0 Å². The summed E-state index contributed by atoms with van der Waals surface area (Å²) in [5.41, 5.74) is -0.658. The van der Waals surface area contributed by atoms with Gasteiger partial charge in [-0.3, -0.25) is 9.78 Å². The van der Waals surface area contributed by atoms with Gasteiger partial charge in [0.25, 0.3) is 0 Å². The molecule has 1 aliphatic rings. The maximum absolute atomic E-state index is 13.9. The Kier molecular flexibility index (Phi) is 6.45. The highest BCUT2D eigenvalue weighted by Crippen LogP contribution is 2.43. The fourth-order valence-electron chi connectivity index (χ4n) is 5.31. The van der Waals surface area contributed by atoms with Crippen LogP contribution in [0, 0.1) is 5.92 Å². The average Bonchev–Trinajstić information content (AvgIpc) is 2.92. The Morgan fingerprint density at radius 2 is 1.70 bits per heavy atom. The zero-order chi connectivity index (χ0) is 26.2. The predicted octanol–water partition coefficient (Wildman–Crippen LogP) is 5.81. The SMILES string of the molecule is CC(=O)N1CCC(C(O)(c2cccnc2)c2ccc3nc(C(F)(F)F)c(-c4ccccc4)cc3c2)CC1. The van der Waals surface area contributed by atoms with Crippen LogP contribution in [-0.2, 0) is 16.6 Å². The Labute approximate surface area is 212 Å². The number of hydrogen-bond acceptors (Lipinski definition) is 4. The highest BCUT2D eigenvalue weighted by Gasteiger charge is 2.42. The molecule has 5 nitrogen and oxygen atoms in total. The maximum Gasteiger partial charge on any atom is 0.433 e. The van der Waals surface area contributed by atoms with Gasteiger partial charge in [0.15, 0.2) is 5.69 Å². The second-order valence-electron chi connectivity index (χ2n) is 9.44. The van der Waals surface area contributed by atoms with Crippen LogP contribution in [0.5, 0.6) is 0 Å². The van der Waals surface area contributed by atoms with Crippen LogP contribution in [0.2, 0.25) is 0 Å². The number of halogens is 3. The van der Waals surface area contributed by atoms with E-state index < -0.39 is 17.5 Å². The molecule has 1 unspecified atom stereocenters. The number of aliphatic hydroxyl groups is 1. The number of carbonyl (C=O) groups is 1. The van der Waals surface area contributed by atoms with Crippen molar-refractivity contribution in [3.8, 4) is 11.1 Å². The summed E-state index contributed by atoms with van der Waals surface area (Å²) in [6.45, 7) is 2.57. The topological polar surface area (TPSA) is 66.3 Å². The fourth-order valence-corrected chi connectivity index (χ4v) is 5.31. The van der Waals surface area contributed by atoms with Crippen molar-refractivity contribution in [1.82, 2.24) is 14.9 Å². The molecule has 4 aromatic rings. The Balaban J connectivity index is 1.65. The molecule has 2 aromatic carbocycles. The summed E-state index contributed by atoms with van der Waals surface area (Å²) in [6.07, 6.45) is -0.244. The summed E-state index contributed by atoms with van der Waals surface area (Å²) < 4.78 is 41.8. The van der Waals surface area contributed by atoms with Crippen LogP contribution in [0.4, 0.5) is 13.2 Å². The third-order valence-electron chi connectivity index (χ3n) is 7.24. The number of benzene rings is 2. The van der Waals surface area contributed by atoms with Crippen molar-refractivity contribution in [2.75, 3.05) is 13.1 Å². The standard InChI is InChI=1S/C29H26F3N3O2/c1-19(36)35-14-11-22(12-15-35)28(37,24-8-5-13-33-18-24)23-9-10-26-21(16-23)17-25(20-6-3-2-4-7-20)27(34-26)29(30,31)32/h2-10,13,16-18,22,37H,11-12,14-15H2,1H3. The molecule has 190 valence electrons. The second kappa shape index (κ2) is 9.59. The normalized spacial score (nSPS) is 16.5. The number of pyridine rings is 2. The molecule has 0 saturated carbocycles. The second-order valence-corrected chi connectivity index (χ2v) is 9.44. The van der Waals surface area contributed by atoms with Gasteiger partial charge >= 0.3 is 6.18 Å². The fraction of sp³-hybridized carbons (Fsp3) is 0.276. The van der Waals surface area contributed by atoms with E-state index in [2.05, 4.69) is 9.97 Å². The van der Waals surface area contributed by atoms with Crippen LogP contribution >= 0.6 is 0 Å². The first-order valence-electron chi connectivity index (χ1n) is 12.1.